The molecule has 2 heteroatoms. The van der Waals surface area contributed by atoms with Crippen LogP contribution in [-0.4, -0.2) is 0 Å². The fourth-order valence-corrected chi connectivity index (χ4v) is 1.70. The molecule has 0 aromatic heterocycles. The Morgan fingerprint density at radius 3 is 2.69 bits per heavy atom. The maximum absolute atomic E-state index is 14.1. The maximum Gasteiger partial charge on any atom is 0.136 e. The van der Waals surface area contributed by atoms with Gasteiger partial charge in [-0.2, -0.15) is 0 Å². The molecule has 0 heterocycles. The van der Waals surface area contributed by atoms with Crippen molar-refractivity contribution in [3.05, 3.63) is 29.8 Å². The SMILES string of the molecule is CC(F)(c1cccc(N)c1)C1CC1. The number of nitrogen functional groups attached to an aromatic ring is 1. The standard InChI is InChI=1S/C11H14FN/c1-11(12,8-5-6-8)9-3-2-4-10(13)7-9/h2-4,7-8H,5-6,13H2,1H3. The molecule has 0 radical (unpaired) electrons. The van der Waals surface area contributed by atoms with Crippen molar-refractivity contribution in [2.75, 3.05) is 5.73 Å². The van der Waals surface area contributed by atoms with Crippen LogP contribution >= 0.6 is 0 Å². The summed E-state index contributed by atoms with van der Waals surface area (Å²) in [5, 5.41) is 0. The van der Waals surface area contributed by atoms with Crippen molar-refractivity contribution in [1.29, 1.82) is 0 Å². The predicted molar refractivity (Wildman–Crippen MR) is 52.0 cm³/mol. The second kappa shape index (κ2) is 2.72. The number of halogens is 1. The van der Waals surface area contributed by atoms with E-state index in [4.69, 9.17) is 5.73 Å². The molecule has 1 aromatic rings. The highest BCUT2D eigenvalue weighted by molar-refractivity contribution is 5.43. The summed E-state index contributed by atoms with van der Waals surface area (Å²) in [7, 11) is 0. The molecule has 0 aliphatic heterocycles. The zero-order chi connectivity index (χ0) is 9.47. The molecule has 13 heavy (non-hydrogen) atoms. The van der Waals surface area contributed by atoms with Crippen molar-refractivity contribution in [2.45, 2.75) is 25.4 Å². The Bertz CT molecular complexity index is 316. The lowest BCUT2D eigenvalue weighted by Crippen LogP contribution is -2.17. The molecular formula is C11H14FN. The summed E-state index contributed by atoms with van der Waals surface area (Å²) >= 11 is 0. The van der Waals surface area contributed by atoms with Gasteiger partial charge in [-0.05, 0) is 43.4 Å². The Morgan fingerprint density at radius 2 is 2.15 bits per heavy atom. The summed E-state index contributed by atoms with van der Waals surface area (Å²) in [6.07, 6.45) is 2.00. The molecule has 0 amide bonds. The summed E-state index contributed by atoms with van der Waals surface area (Å²) in [5.74, 6) is 0.203. The van der Waals surface area contributed by atoms with Crippen LogP contribution in [0.5, 0.6) is 0 Å². The molecule has 2 N–H and O–H groups in total. The molecule has 1 aliphatic rings. The lowest BCUT2D eigenvalue weighted by Gasteiger charge is -2.20. The van der Waals surface area contributed by atoms with Gasteiger partial charge in [0.2, 0.25) is 0 Å². The van der Waals surface area contributed by atoms with Crippen LogP contribution in [0.1, 0.15) is 25.3 Å². The lowest BCUT2D eigenvalue weighted by molar-refractivity contribution is 0.158. The number of rotatable bonds is 2. The van der Waals surface area contributed by atoms with E-state index in [2.05, 4.69) is 0 Å². The van der Waals surface area contributed by atoms with Crippen LogP contribution in [0, 0.1) is 5.92 Å². The number of hydrogen-bond donors (Lipinski definition) is 1. The van der Waals surface area contributed by atoms with E-state index in [9.17, 15) is 4.39 Å². The molecule has 1 nitrogen and oxygen atoms in total. The first-order valence-corrected chi connectivity index (χ1v) is 4.65. The Balaban J connectivity index is 2.33. The molecule has 0 saturated heterocycles. The van der Waals surface area contributed by atoms with E-state index in [0.29, 0.717) is 5.69 Å². The molecule has 1 aromatic carbocycles. The highest BCUT2D eigenvalue weighted by atomic mass is 19.1. The fraction of sp³-hybridized carbons (Fsp3) is 0.455. The first-order valence-electron chi connectivity index (χ1n) is 4.65. The summed E-state index contributed by atoms with van der Waals surface area (Å²) in [4.78, 5) is 0. The third-order valence-electron chi connectivity index (χ3n) is 2.80. The molecule has 1 saturated carbocycles. The van der Waals surface area contributed by atoms with Gasteiger partial charge in [0.15, 0.2) is 0 Å². The molecular weight excluding hydrogens is 165 g/mol. The van der Waals surface area contributed by atoms with E-state index < -0.39 is 5.67 Å². The van der Waals surface area contributed by atoms with Crippen LogP contribution in [0.2, 0.25) is 0 Å². The van der Waals surface area contributed by atoms with E-state index >= 15 is 0 Å². The minimum atomic E-state index is -1.19. The van der Waals surface area contributed by atoms with Crippen molar-refractivity contribution in [1.82, 2.24) is 0 Å². The molecule has 1 unspecified atom stereocenters. The van der Waals surface area contributed by atoms with E-state index in [0.717, 1.165) is 18.4 Å². The third-order valence-corrected chi connectivity index (χ3v) is 2.80. The van der Waals surface area contributed by atoms with Gasteiger partial charge in [0.05, 0.1) is 0 Å². The van der Waals surface area contributed by atoms with Crippen LogP contribution in [-0.2, 0) is 5.67 Å². The van der Waals surface area contributed by atoms with Crippen molar-refractivity contribution < 1.29 is 4.39 Å². The van der Waals surface area contributed by atoms with Gasteiger partial charge >= 0.3 is 0 Å². The zero-order valence-electron chi connectivity index (χ0n) is 7.76. The highest BCUT2D eigenvalue weighted by Gasteiger charge is 2.43. The van der Waals surface area contributed by atoms with E-state index in [-0.39, 0.29) is 5.92 Å². The summed E-state index contributed by atoms with van der Waals surface area (Å²) in [6.45, 7) is 1.65. The van der Waals surface area contributed by atoms with Gasteiger partial charge in [0, 0.05) is 5.69 Å². The summed E-state index contributed by atoms with van der Waals surface area (Å²) in [5.41, 5.74) is 5.78. The van der Waals surface area contributed by atoms with Crippen LogP contribution in [0.4, 0.5) is 10.1 Å². The predicted octanol–water partition coefficient (Wildman–Crippen LogP) is 2.86. The van der Waals surface area contributed by atoms with Gasteiger partial charge in [-0.25, -0.2) is 4.39 Å². The lowest BCUT2D eigenvalue weighted by atomic mass is 9.92. The minimum absolute atomic E-state index is 0.203. The second-order valence-corrected chi connectivity index (χ2v) is 3.98. The average molecular weight is 179 g/mol. The molecule has 1 atom stereocenters. The van der Waals surface area contributed by atoms with E-state index in [1.54, 1.807) is 19.1 Å². The molecule has 70 valence electrons. The quantitative estimate of drug-likeness (QED) is 0.694. The monoisotopic (exact) mass is 179 g/mol. The average Bonchev–Trinajstić information content (AvgIpc) is 2.86. The van der Waals surface area contributed by atoms with Crippen LogP contribution in [0.25, 0.3) is 0 Å². The van der Waals surface area contributed by atoms with E-state index in [1.165, 1.54) is 0 Å². The van der Waals surface area contributed by atoms with Crippen molar-refractivity contribution >= 4 is 5.69 Å². The van der Waals surface area contributed by atoms with E-state index in [1.807, 2.05) is 12.1 Å². The number of nitrogens with two attached hydrogens (primary N) is 1. The van der Waals surface area contributed by atoms with Crippen LogP contribution < -0.4 is 5.73 Å². The second-order valence-electron chi connectivity index (χ2n) is 3.98. The van der Waals surface area contributed by atoms with Crippen molar-refractivity contribution in [2.24, 2.45) is 5.92 Å². The van der Waals surface area contributed by atoms with Crippen LogP contribution in [0.15, 0.2) is 24.3 Å². The fourth-order valence-electron chi connectivity index (χ4n) is 1.70. The Hall–Kier alpha value is -1.05. The highest BCUT2D eigenvalue weighted by Crippen LogP contribution is 2.48. The maximum atomic E-state index is 14.1. The number of alkyl halides is 1. The van der Waals surface area contributed by atoms with Gasteiger partial charge in [0.25, 0.3) is 0 Å². The molecule has 0 spiro atoms. The van der Waals surface area contributed by atoms with Gasteiger partial charge in [0.1, 0.15) is 5.67 Å². The Kier molecular flexibility index (Phi) is 1.79. The summed E-state index contributed by atoms with van der Waals surface area (Å²) in [6, 6.07) is 7.14. The normalized spacial score (nSPS) is 21.1. The zero-order valence-corrected chi connectivity index (χ0v) is 7.76. The van der Waals surface area contributed by atoms with Gasteiger partial charge in [-0.1, -0.05) is 12.1 Å². The van der Waals surface area contributed by atoms with Crippen molar-refractivity contribution in [3.63, 3.8) is 0 Å². The number of anilines is 1. The Labute approximate surface area is 77.8 Å². The third kappa shape index (κ3) is 1.53. The first kappa shape index (κ1) is 8.54. The number of benzene rings is 1. The van der Waals surface area contributed by atoms with Gasteiger partial charge in [-0.3, -0.25) is 0 Å². The largest absolute Gasteiger partial charge is 0.399 e. The summed E-state index contributed by atoms with van der Waals surface area (Å²) < 4.78 is 14.1. The van der Waals surface area contributed by atoms with Crippen LogP contribution in [0.3, 0.4) is 0 Å². The smallest absolute Gasteiger partial charge is 0.136 e. The Morgan fingerprint density at radius 1 is 1.46 bits per heavy atom. The molecule has 2 rings (SSSR count). The van der Waals surface area contributed by atoms with Gasteiger partial charge < -0.3 is 5.73 Å². The van der Waals surface area contributed by atoms with Crippen molar-refractivity contribution in [3.8, 4) is 0 Å². The minimum Gasteiger partial charge on any atom is -0.399 e. The molecule has 0 bridgehead atoms. The first-order chi connectivity index (χ1) is 6.10. The molecule has 1 fully saturated rings. The van der Waals surface area contributed by atoms with Gasteiger partial charge in [-0.15, -0.1) is 0 Å². The molecule has 1 aliphatic carbocycles. The number of hydrogen-bond acceptors (Lipinski definition) is 1. The topological polar surface area (TPSA) is 26.0 Å².